The third-order valence-corrected chi connectivity index (χ3v) is 6.38. The summed E-state index contributed by atoms with van der Waals surface area (Å²) in [5.74, 6) is -0.316. The first kappa shape index (κ1) is 24.6. The average Bonchev–Trinajstić information content (AvgIpc) is 2.80. The van der Waals surface area contributed by atoms with Crippen molar-refractivity contribution in [3.05, 3.63) is 87.7 Å². The summed E-state index contributed by atoms with van der Waals surface area (Å²) in [6, 6.07) is 15.2. The van der Waals surface area contributed by atoms with Gasteiger partial charge in [0.05, 0.1) is 11.7 Å². The van der Waals surface area contributed by atoms with Crippen molar-refractivity contribution in [2.75, 3.05) is 16.0 Å². The minimum absolute atomic E-state index is 0.304. The van der Waals surface area contributed by atoms with Crippen LogP contribution in [0.1, 0.15) is 56.0 Å². The Labute approximate surface area is 200 Å². The van der Waals surface area contributed by atoms with E-state index in [1.54, 1.807) is 23.1 Å². The van der Waals surface area contributed by atoms with Gasteiger partial charge in [0.25, 0.3) is 0 Å². The van der Waals surface area contributed by atoms with E-state index in [-0.39, 0.29) is 17.9 Å². The average molecular weight is 468 g/mol. The zero-order chi connectivity index (χ0) is 24.1. The van der Waals surface area contributed by atoms with E-state index in [4.69, 9.17) is 17.3 Å². The molecule has 0 saturated carbocycles. The summed E-state index contributed by atoms with van der Waals surface area (Å²) in [6.07, 6.45) is 2.21. The molecular weight excluding hydrogens is 437 g/mol. The number of amides is 2. The van der Waals surface area contributed by atoms with Crippen LogP contribution in [0.15, 0.2) is 54.6 Å². The number of hydrogen-bond acceptors (Lipinski definition) is 2. The van der Waals surface area contributed by atoms with Crippen LogP contribution in [0.4, 0.5) is 26.2 Å². The summed E-state index contributed by atoms with van der Waals surface area (Å²) in [6.45, 7) is 8.00. The Bertz CT molecular complexity index is 1090. The number of carbonyl (C=O) groups excluding carboxylic acids is 1. The largest absolute Gasteiger partial charge is 0.398 e. The van der Waals surface area contributed by atoms with Gasteiger partial charge in [-0.1, -0.05) is 56.6 Å². The number of nitrogens with one attached hydrogen (secondary N) is 1. The molecule has 4 nitrogen and oxygen atoms in total. The molecule has 2 amide bonds. The summed E-state index contributed by atoms with van der Waals surface area (Å²) in [7, 11) is 0. The van der Waals surface area contributed by atoms with Gasteiger partial charge in [-0.05, 0) is 78.8 Å². The first-order valence-electron chi connectivity index (χ1n) is 11.3. The Morgan fingerprint density at radius 1 is 1.00 bits per heavy atom. The fraction of sp³-hybridized carbons (Fsp3) is 0.296. The van der Waals surface area contributed by atoms with Crippen molar-refractivity contribution in [3.63, 3.8) is 0 Å². The number of carbonyl (C=O) groups is 1. The smallest absolute Gasteiger partial charge is 0.326 e. The highest BCUT2D eigenvalue weighted by molar-refractivity contribution is 6.32. The highest BCUT2D eigenvalue weighted by Gasteiger charge is 2.26. The molecule has 3 aromatic carbocycles. The van der Waals surface area contributed by atoms with Crippen molar-refractivity contribution in [1.29, 1.82) is 0 Å². The first-order valence-corrected chi connectivity index (χ1v) is 11.7. The molecular formula is C27H31ClFN3O. The number of aryl methyl sites for hydroxylation is 1. The Balaban J connectivity index is 2.07. The normalized spacial score (nSPS) is 11.8. The zero-order valence-electron chi connectivity index (χ0n) is 19.6. The Hall–Kier alpha value is -3.05. The Morgan fingerprint density at radius 2 is 1.61 bits per heavy atom. The first-order chi connectivity index (χ1) is 15.8. The second-order valence-electron chi connectivity index (χ2n) is 8.03. The highest BCUT2D eigenvalue weighted by Crippen LogP contribution is 2.35. The second-order valence-corrected chi connectivity index (χ2v) is 8.44. The van der Waals surface area contributed by atoms with Crippen molar-refractivity contribution in [2.24, 2.45) is 0 Å². The topological polar surface area (TPSA) is 58.4 Å². The van der Waals surface area contributed by atoms with E-state index < -0.39 is 0 Å². The van der Waals surface area contributed by atoms with Crippen molar-refractivity contribution in [2.45, 2.75) is 53.0 Å². The summed E-state index contributed by atoms with van der Waals surface area (Å²) in [4.78, 5) is 15.4. The predicted octanol–water partition coefficient (Wildman–Crippen LogP) is 7.55. The zero-order valence-corrected chi connectivity index (χ0v) is 20.3. The molecule has 3 aromatic rings. The number of benzene rings is 3. The molecule has 0 spiro atoms. The van der Waals surface area contributed by atoms with Gasteiger partial charge >= 0.3 is 6.03 Å². The van der Waals surface area contributed by atoms with Gasteiger partial charge < -0.3 is 11.1 Å². The summed E-state index contributed by atoms with van der Waals surface area (Å²) in [5, 5.41) is 3.64. The van der Waals surface area contributed by atoms with Gasteiger partial charge in [0.15, 0.2) is 0 Å². The van der Waals surface area contributed by atoms with Gasteiger partial charge in [-0.3, -0.25) is 4.90 Å². The van der Waals surface area contributed by atoms with Crippen molar-refractivity contribution in [1.82, 2.24) is 0 Å². The summed E-state index contributed by atoms with van der Waals surface area (Å²) < 4.78 is 13.5. The SMILES string of the molecule is CCc1ccc(N(C(=O)Nc2c(CC)c(N)cc(Cl)c2CC)C(C)c2ccc(F)cc2)cc1. The molecule has 0 heterocycles. The van der Waals surface area contributed by atoms with Gasteiger partial charge in [-0.2, -0.15) is 0 Å². The number of nitrogens with two attached hydrogens (primary N) is 1. The molecule has 3 rings (SSSR count). The van der Waals surface area contributed by atoms with Crippen LogP contribution in [0.2, 0.25) is 5.02 Å². The highest BCUT2D eigenvalue weighted by atomic mass is 35.5. The third kappa shape index (κ3) is 5.31. The summed E-state index contributed by atoms with van der Waals surface area (Å²) in [5.41, 5.74) is 11.9. The number of halogens is 2. The maximum Gasteiger partial charge on any atom is 0.326 e. The van der Waals surface area contributed by atoms with E-state index in [0.29, 0.717) is 29.2 Å². The lowest BCUT2D eigenvalue weighted by Gasteiger charge is -2.31. The van der Waals surface area contributed by atoms with Crippen LogP contribution >= 0.6 is 11.6 Å². The van der Waals surface area contributed by atoms with Crippen LogP contribution in [-0.2, 0) is 19.3 Å². The minimum atomic E-state index is -0.343. The maximum atomic E-state index is 13.8. The quantitative estimate of drug-likeness (QED) is 0.352. The van der Waals surface area contributed by atoms with E-state index in [2.05, 4.69) is 12.2 Å². The molecule has 0 radical (unpaired) electrons. The number of rotatable bonds is 7. The number of anilines is 3. The lowest BCUT2D eigenvalue weighted by atomic mass is 10.0. The van der Waals surface area contributed by atoms with E-state index in [1.165, 1.54) is 17.7 Å². The van der Waals surface area contributed by atoms with Crippen LogP contribution in [-0.4, -0.2) is 6.03 Å². The van der Waals surface area contributed by atoms with Gasteiger partial charge in [0, 0.05) is 16.4 Å². The van der Waals surface area contributed by atoms with Crippen LogP contribution in [0, 0.1) is 5.82 Å². The summed E-state index contributed by atoms with van der Waals surface area (Å²) >= 11 is 6.47. The minimum Gasteiger partial charge on any atom is -0.398 e. The molecule has 0 bridgehead atoms. The molecule has 6 heteroatoms. The molecule has 0 aliphatic heterocycles. The standard InChI is InChI=1S/C27H31ClFN3O/c1-5-18-8-14-21(15-9-18)32(17(4)19-10-12-20(29)13-11-19)27(33)31-26-22(6-2)24(28)16-25(30)23(26)7-3/h8-17H,5-7,30H2,1-4H3,(H,31,33). The fourth-order valence-corrected chi connectivity index (χ4v) is 4.45. The molecule has 0 saturated heterocycles. The molecule has 174 valence electrons. The van der Waals surface area contributed by atoms with Crippen molar-refractivity contribution >= 4 is 34.7 Å². The third-order valence-electron chi connectivity index (χ3n) is 6.04. The van der Waals surface area contributed by atoms with Gasteiger partial charge in [0.2, 0.25) is 0 Å². The molecule has 3 N–H and O–H groups in total. The van der Waals surface area contributed by atoms with Gasteiger partial charge in [-0.25, -0.2) is 9.18 Å². The molecule has 33 heavy (non-hydrogen) atoms. The maximum absolute atomic E-state index is 13.8. The lowest BCUT2D eigenvalue weighted by Crippen LogP contribution is -2.37. The van der Waals surface area contributed by atoms with E-state index >= 15 is 0 Å². The number of urea groups is 1. The van der Waals surface area contributed by atoms with Crippen LogP contribution in [0.25, 0.3) is 0 Å². The molecule has 0 aromatic heterocycles. The van der Waals surface area contributed by atoms with E-state index in [0.717, 1.165) is 28.8 Å². The van der Waals surface area contributed by atoms with Crippen LogP contribution in [0.3, 0.4) is 0 Å². The van der Waals surface area contributed by atoms with Crippen LogP contribution in [0.5, 0.6) is 0 Å². The number of hydrogen-bond donors (Lipinski definition) is 2. The van der Waals surface area contributed by atoms with E-state index in [1.807, 2.05) is 45.0 Å². The van der Waals surface area contributed by atoms with E-state index in [9.17, 15) is 9.18 Å². The van der Waals surface area contributed by atoms with Gasteiger partial charge in [-0.15, -0.1) is 0 Å². The monoisotopic (exact) mass is 467 g/mol. The molecule has 1 atom stereocenters. The van der Waals surface area contributed by atoms with Gasteiger partial charge in [0.1, 0.15) is 5.82 Å². The lowest BCUT2D eigenvalue weighted by molar-refractivity contribution is 0.255. The number of nitrogen functional groups attached to an aromatic ring is 1. The Morgan fingerprint density at radius 3 is 2.15 bits per heavy atom. The predicted molar refractivity (Wildman–Crippen MR) is 137 cm³/mol. The second kappa shape index (κ2) is 10.7. The van der Waals surface area contributed by atoms with Crippen LogP contribution < -0.4 is 16.0 Å². The number of nitrogens with zero attached hydrogens (tertiary/aromatic N) is 1. The fourth-order valence-electron chi connectivity index (χ4n) is 4.10. The van der Waals surface area contributed by atoms with Crippen molar-refractivity contribution < 1.29 is 9.18 Å². The molecule has 0 fully saturated rings. The molecule has 0 aliphatic carbocycles. The van der Waals surface area contributed by atoms with Crippen molar-refractivity contribution in [3.8, 4) is 0 Å². The Kier molecular flexibility index (Phi) is 7.98. The molecule has 1 unspecified atom stereocenters. The molecule has 0 aliphatic rings.